The summed E-state index contributed by atoms with van der Waals surface area (Å²) in [6.45, 7) is 0. The molecule has 6 nitrogen and oxygen atoms in total. The van der Waals surface area contributed by atoms with Crippen LogP contribution in [0.1, 0.15) is 5.56 Å². The Bertz CT molecular complexity index is 796. The van der Waals surface area contributed by atoms with Gasteiger partial charge >= 0.3 is 6.36 Å². The Morgan fingerprint density at radius 2 is 1.80 bits per heavy atom. The predicted octanol–water partition coefficient (Wildman–Crippen LogP) is 4.13. The third kappa shape index (κ3) is 5.10. The molecule has 0 aliphatic carbocycles. The molecule has 2 aromatic carbocycles. The molecule has 0 aliphatic heterocycles. The summed E-state index contributed by atoms with van der Waals surface area (Å²) >= 11 is 5.68. The van der Waals surface area contributed by atoms with E-state index in [0.29, 0.717) is 5.56 Å². The summed E-state index contributed by atoms with van der Waals surface area (Å²) in [7, 11) is 0. The highest BCUT2D eigenvalue weighted by Crippen LogP contribution is 2.34. The molecule has 0 atom stereocenters. The van der Waals surface area contributed by atoms with Gasteiger partial charge in [-0.15, -0.1) is 13.2 Å². The SMILES string of the molecule is ON=C(C(=Nc1ccc(Cl)cc1OC(F)(F)F)NO)c1ccccc1. The Labute approximate surface area is 144 Å². The minimum absolute atomic E-state index is 0.00387. The molecule has 0 spiro atoms. The molecule has 0 heterocycles. The van der Waals surface area contributed by atoms with E-state index in [1.54, 1.807) is 35.8 Å². The zero-order valence-corrected chi connectivity index (χ0v) is 13.1. The molecule has 132 valence electrons. The van der Waals surface area contributed by atoms with Crippen LogP contribution in [0.5, 0.6) is 5.75 Å². The van der Waals surface area contributed by atoms with Crippen LogP contribution in [0.4, 0.5) is 18.9 Å². The van der Waals surface area contributed by atoms with Crippen molar-refractivity contribution < 1.29 is 28.3 Å². The maximum atomic E-state index is 12.5. The zero-order chi connectivity index (χ0) is 18.4. The van der Waals surface area contributed by atoms with Crippen LogP contribution < -0.4 is 10.2 Å². The molecule has 0 saturated carbocycles. The first-order valence-corrected chi connectivity index (χ1v) is 7.04. The lowest BCUT2D eigenvalue weighted by Crippen LogP contribution is -2.29. The highest BCUT2D eigenvalue weighted by Gasteiger charge is 2.32. The summed E-state index contributed by atoms with van der Waals surface area (Å²) in [5.41, 5.74) is 1.56. The number of ether oxygens (including phenoxy) is 1. The smallest absolute Gasteiger partial charge is 0.410 e. The van der Waals surface area contributed by atoms with Crippen LogP contribution in [0.2, 0.25) is 5.02 Å². The van der Waals surface area contributed by atoms with Gasteiger partial charge in [-0.3, -0.25) is 10.7 Å². The molecule has 0 aromatic heterocycles. The summed E-state index contributed by atoms with van der Waals surface area (Å²) in [6.07, 6.45) is -4.96. The third-order valence-corrected chi connectivity index (χ3v) is 3.09. The van der Waals surface area contributed by atoms with E-state index in [9.17, 15) is 23.6 Å². The van der Waals surface area contributed by atoms with Crippen molar-refractivity contribution in [2.45, 2.75) is 6.36 Å². The highest BCUT2D eigenvalue weighted by molar-refractivity contribution is 6.47. The maximum Gasteiger partial charge on any atom is 0.573 e. The Morgan fingerprint density at radius 3 is 2.36 bits per heavy atom. The number of hydrogen-bond acceptors (Lipinski definition) is 5. The van der Waals surface area contributed by atoms with Gasteiger partial charge in [0.05, 0.1) is 0 Å². The monoisotopic (exact) mass is 373 g/mol. The average molecular weight is 374 g/mol. The molecular formula is C15H11ClF3N3O3. The van der Waals surface area contributed by atoms with E-state index < -0.39 is 17.9 Å². The number of alkyl halides is 3. The maximum absolute atomic E-state index is 12.5. The van der Waals surface area contributed by atoms with E-state index in [4.69, 9.17) is 11.6 Å². The van der Waals surface area contributed by atoms with Gasteiger partial charge in [0.25, 0.3) is 0 Å². The standard InChI is InChI=1S/C15H11ClF3N3O3/c16-10-6-7-11(12(8-10)25-15(17,18)19)20-14(22-24)13(21-23)9-4-2-1-3-5-9/h1-8,23-24H,(H,20,22). The third-order valence-electron chi connectivity index (χ3n) is 2.86. The van der Waals surface area contributed by atoms with Gasteiger partial charge in [0.2, 0.25) is 0 Å². The predicted molar refractivity (Wildman–Crippen MR) is 84.9 cm³/mol. The van der Waals surface area contributed by atoms with Gasteiger partial charge in [0, 0.05) is 16.7 Å². The van der Waals surface area contributed by atoms with Gasteiger partial charge in [-0.05, 0) is 12.1 Å². The minimum Gasteiger partial charge on any atom is -0.410 e. The average Bonchev–Trinajstić information content (AvgIpc) is 2.56. The first kappa shape index (κ1) is 18.6. The summed E-state index contributed by atoms with van der Waals surface area (Å²) in [6, 6.07) is 11.4. The molecule has 0 bridgehead atoms. The van der Waals surface area contributed by atoms with Crippen LogP contribution in [-0.2, 0) is 0 Å². The second-order valence-corrected chi connectivity index (χ2v) is 4.98. The lowest BCUT2D eigenvalue weighted by atomic mass is 10.1. The first-order chi connectivity index (χ1) is 11.8. The van der Waals surface area contributed by atoms with Gasteiger partial charge in [0.15, 0.2) is 17.3 Å². The Kier molecular flexibility index (Phi) is 5.84. The number of nitrogens with one attached hydrogen (secondary N) is 1. The van der Waals surface area contributed by atoms with E-state index in [1.165, 1.54) is 6.07 Å². The fraction of sp³-hybridized carbons (Fsp3) is 0.0667. The second-order valence-electron chi connectivity index (χ2n) is 4.55. The van der Waals surface area contributed by atoms with Crippen LogP contribution >= 0.6 is 11.6 Å². The fourth-order valence-electron chi connectivity index (χ4n) is 1.88. The summed E-state index contributed by atoms with van der Waals surface area (Å²) in [5, 5.41) is 21.5. The van der Waals surface area contributed by atoms with Crippen LogP contribution in [-0.4, -0.2) is 28.3 Å². The zero-order valence-electron chi connectivity index (χ0n) is 12.3. The summed E-state index contributed by atoms with van der Waals surface area (Å²) < 4.78 is 41.4. The Hall–Kier alpha value is -2.78. The van der Waals surface area contributed by atoms with Gasteiger partial charge in [0.1, 0.15) is 5.69 Å². The summed E-state index contributed by atoms with van der Waals surface area (Å²) in [5.74, 6) is -1.08. The van der Waals surface area contributed by atoms with Gasteiger partial charge in [-0.25, -0.2) is 4.99 Å². The van der Waals surface area contributed by atoms with Crippen LogP contribution in [0, 0.1) is 0 Å². The number of hydrogen-bond donors (Lipinski definition) is 3. The molecule has 0 radical (unpaired) electrons. The van der Waals surface area contributed by atoms with Crippen LogP contribution in [0.3, 0.4) is 0 Å². The van der Waals surface area contributed by atoms with Crippen molar-refractivity contribution in [2.24, 2.45) is 10.1 Å². The molecule has 0 fully saturated rings. The normalized spacial score (nSPS) is 12.8. The molecule has 3 N–H and O–H groups in total. The Morgan fingerprint density at radius 1 is 1.12 bits per heavy atom. The van der Waals surface area contributed by atoms with Crippen molar-refractivity contribution in [1.29, 1.82) is 0 Å². The highest BCUT2D eigenvalue weighted by atomic mass is 35.5. The van der Waals surface area contributed by atoms with Gasteiger partial charge in [-0.2, -0.15) is 0 Å². The van der Waals surface area contributed by atoms with E-state index in [-0.39, 0.29) is 16.4 Å². The number of rotatable bonds is 4. The van der Waals surface area contributed by atoms with Crippen molar-refractivity contribution in [3.63, 3.8) is 0 Å². The molecule has 0 saturated heterocycles. The topological polar surface area (TPSA) is 86.4 Å². The molecule has 10 heteroatoms. The number of nitrogens with zero attached hydrogens (tertiary/aromatic N) is 2. The van der Waals surface area contributed by atoms with Gasteiger partial charge in [-0.1, -0.05) is 47.1 Å². The van der Waals surface area contributed by atoms with Crippen molar-refractivity contribution in [3.8, 4) is 5.75 Å². The first-order valence-electron chi connectivity index (χ1n) is 6.66. The lowest BCUT2D eigenvalue weighted by molar-refractivity contribution is -0.274. The number of oxime groups is 1. The number of hydroxylamine groups is 1. The van der Waals surface area contributed by atoms with E-state index >= 15 is 0 Å². The number of aliphatic imine (C=N–C) groups is 1. The quantitative estimate of drug-likeness (QED) is 0.325. The summed E-state index contributed by atoms with van der Waals surface area (Å²) in [4.78, 5) is 3.83. The number of amidine groups is 1. The number of benzene rings is 2. The second kappa shape index (κ2) is 7.86. The molecule has 25 heavy (non-hydrogen) atoms. The molecule has 2 rings (SSSR count). The minimum atomic E-state index is -4.96. The molecule has 0 aliphatic rings. The van der Waals surface area contributed by atoms with E-state index in [1.807, 2.05) is 0 Å². The van der Waals surface area contributed by atoms with E-state index in [0.717, 1.165) is 12.1 Å². The molecule has 0 unspecified atom stereocenters. The van der Waals surface area contributed by atoms with Crippen molar-refractivity contribution >= 4 is 28.8 Å². The van der Waals surface area contributed by atoms with Crippen molar-refractivity contribution in [2.75, 3.05) is 0 Å². The molecular weight excluding hydrogens is 363 g/mol. The van der Waals surface area contributed by atoms with Crippen LogP contribution in [0.15, 0.2) is 58.7 Å². The van der Waals surface area contributed by atoms with Gasteiger partial charge < -0.3 is 9.94 Å². The molecule has 2 aromatic rings. The largest absolute Gasteiger partial charge is 0.573 e. The lowest BCUT2D eigenvalue weighted by Gasteiger charge is -2.13. The molecule has 0 amide bonds. The van der Waals surface area contributed by atoms with Crippen molar-refractivity contribution in [3.05, 3.63) is 59.1 Å². The van der Waals surface area contributed by atoms with Crippen molar-refractivity contribution in [1.82, 2.24) is 5.48 Å². The fourth-order valence-corrected chi connectivity index (χ4v) is 2.04. The van der Waals surface area contributed by atoms with Crippen LogP contribution in [0.25, 0.3) is 0 Å². The number of halogens is 4. The Balaban J connectivity index is 2.49. The van der Waals surface area contributed by atoms with E-state index in [2.05, 4.69) is 14.9 Å².